The van der Waals surface area contributed by atoms with Crippen LogP contribution in [0.15, 0.2) is 98.1 Å². The lowest BCUT2D eigenvalue weighted by Gasteiger charge is -2.36. The van der Waals surface area contributed by atoms with Gasteiger partial charge in [-0.1, -0.05) is 72.8 Å². The van der Waals surface area contributed by atoms with E-state index in [-0.39, 0.29) is 37.9 Å². The third-order valence-corrected chi connectivity index (χ3v) is 10.6. The molecule has 6 rings (SSSR count). The molecule has 10 nitrogen and oxygen atoms in total. The van der Waals surface area contributed by atoms with Crippen LogP contribution in [0, 0.1) is 11.8 Å². The number of aliphatic hydroxyl groups is 1. The Hall–Kier alpha value is -4.80. The van der Waals surface area contributed by atoms with Gasteiger partial charge in [0.1, 0.15) is 17.7 Å². The number of benzene rings is 3. The predicted molar refractivity (Wildman–Crippen MR) is 190 cm³/mol. The fourth-order valence-corrected chi connectivity index (χ4v) is 8.12. The van der Waals surface area contributed by atoms with Crippen LogP contribution >= 0.6 is 0 Å². The number of ether oxygens (including phenoxy) is 2. The number of allylic oxidation sites excluding steroid dienone is 1. The minimum Gasteiger partial charge on any atom is -0.455 e. The van der Waals surface area contributed by atoms with Crippen molar-refractivity contribution in [1.29, 1.82) is 0 Å². The van der Waals surface area contributed by atoms with Gasteiger partial charge in [-0.3, -0.25) is 19.2 Å². The first kappa shape index (κ1) is 35.0. The zero-order valence-electron chi connectivity index (χ0n) is 28.6. The summed E-state index contributed by atoms with van der Waals surface area (Å²) in [6.45, 7) is 9.14. The Balaban J connectivity index is 1.32. The van der Waals surface area contributed by atoms with E-state index in [0.29, 0.717) is 30.5 Å². The number of fused-ring (bicyclic) bond motifs is 2. The Bertz CT molecular complexity index is 1780. The molecular formula is C40H45N3O7. The van der Waals surface area contributed by atoms with Gasteiger partial charge in [-0.2, -0.15) is 0 Å². The number of esters is 1. The maximum absolute atomic E-state index is 14.7. The monoisotopic (exact) mass is 679 g/mol. The van der Waals surface area contributed by atoms with Crippen molar-refractivity contribution in [2.45, 2.75) is 62.5 Å². The average molecular weight is 680 g/mol. The van der Waals surface area contributed by atoms with Crippen LogP contribution in [0.2, 0.25) is 0 Å². The molecule has 0 aliphatic carbocycles. The van der Waals surface area contributed by atoms with Crippen molar-refractivity contribution in [3.63, 3.8) is 0 Å². The van der Waals surface area contributed by atoms with Gasteiger partial charge in [0.05, 0.1) is 30.6 Å². The second-order valence-corrected chi connectivity index (χ2v) is 13.4. The van der Waals surface area contributed by atoms with Gasteiger partial charge in [0.15, 0.2) is 0 Å². The summed E-state index contributed by atoms with van der Waals surface area (Å²) >= 11 is 0. The Morgan fingerprint density at radius 1 is 1.06 bits per heavy atom. The first-order valence-corrected chi connectivity index (χ1v) is 17.3. The summed E-state index contributed by atoms with van der Waals surface area (Å²) < 4.78 is 12.9. The van der Waals surface area contributed by atoms with Crippen molar-refractivity contribution in [3.05, 3.63) is 104 Å². The first-order valence-electron chi connectivity index (χ1n) is 17.3. The minimum atomic E-state index is -1.28. The largest absolute Gasteiger partial charge is 0.455 e. The van der Waals surface area contributed by atoms with Crippen LogP contribution in [0.4, 0.5) is 5.69 Å². The molecule has 3 aromatic carbocycles. The lowest BCUT2D eigenvalue weighted by molar-refractivity contribution is -0.164. The number of likely N-dealkylation sites (N-methyl/N-ethyl adjacent to an activating group) is 1. The SMILES string of the molecule is C=CCCC(=O)N(C)[C@H](C)[C@H](OC(=O)[C@@H]1[C@H]2C(=O)N(CCO)[C@H](C(=O)N(CC=C)c3ccc4ccccc4c3)[C@]23CC[C@H]1O3)c1ccccc1. The molecule has 0 saturated carbocycles. The summed E-state index contributed by atoms with van der Waals surface area (Å²) in [5.41, 5.74) is 0.0673. The van der Waals surface area contributed by atoms with E-state index in [1.165, 1.54) is 4.90 Å². The van der Waals surface area contributed by atoms with Crippen LogP contribution < -0.4 is 4.90 Å². The summed E-state index contributed by atoms with van der Waals surface area (Å²) in [4.78, 5) is 61.0. The minimum absolute atomic E-state index is 0.0930. The number of carbonyl (C=O) groups excluding carboxylic acids is 4. The number of amides is 3. The number of aliphatic hydroxyl groups excluding tert-OH is 1. The number of likely N-dealkylation sites (tertiary alicyclic amines) is 1. The Kier molecular flexibility index (Phi) is 10.2. The second-order valence-electron chi connectivity index (χ2n) is 13.4. The highest BCUT2D eigenvalue weighted by Gasteiger charge is 2.75. The van der Waals surface area contributed by atoms with E-state index in [0.717, 1.165) is 10.8 Å². The van der Waals surface area contributed by atoms with Gasteiger partial charge in [0.2, 0.25) is 11.8 Å². The smallest absolute Gasteiger partial charge is 0.313 e. The third kappa shape index (κ3) is 6.11. The average Bonchev–Trinajstić information content (AvgIpc) is 3.78. The van der Waals surface area contributed by atoms with Crippen LogP contribution in [-0.4, -0.2) is 89.1 Å². The number of anilines is 1. The molecule has 3 saturated heterocycles. The Morgan fingerprint density at radius 3 is 2.48 bits per heavy atom. The zero-order chi connectivity index (χ0) is 35.6. The normalized spacial score (nSPS) is 24.8. The molecule has 3 heterocycles. The van der Waals surface area contributed by atoms with E-state index in [2.05, 4.69) is 13.2 Å². The number of hydrogen-bond acceptors (Lipinski definition) is 7. The maximum Gasteiger partial charge on any atom is 0.313 e. The molecule has 1 N–H and O–H groups in total. The molecule has 3 fully saturated rings. The molecule has 262 valence electrons. The molecule has 1 spiro atoms. The fourth-order valence-electron chi connectivity index (χ4n) is 8.12. The lowest BCUT2D eigenvalue weighted by Crippen LogP contribution is -2.56. The molecule has 3 aliphatic rings. The molecule has 2 bridgehead atoms. The van der Waals surface area contributed by atoms with Crippen molar-refractivity contribution in [2.75, 3.05) is 31.6 Å². The van der Waals surface area contributed by atoms with Gasteiger partial charge >= 0.3 is 5.97 Å². The number of rotatable bonds is 14. The van der Waals surface area contributed by atoms with Gasteiger partial charge < -0.3 is 29.3 Å². The van der Waals surface area contributed by atoms with Crippen LogP contribution in [0.1, 0.15) is 44.3 Å². The van der Waals surface area contributed by atoms with Crippen molar-refractivity contribution in [3.8, 4) is 0 Å². The van der Waals surface area contributed by atoms with Crippen LogP contribution in [-0.2, 0) is 28.7 Å². The van der Waals surface area contributed by atoms with Crippen LogP contribution in [0.5, 0.6) is 0 Å². The van der Waals surface area contributed by atoms with E-state index in [4.69, 9.17) is 9.47 Å². The van der Waals surface area contributed by atoms with Gasteiger partial charge in [0, 0.05) is 32.2 Å². The lowest BCUT2D eigenvalue weighted by atomic mass is 9.70. The third-order valence-electron chi connectivity index (χ3n) is 10.6. The molecule has 3 aromatic rings. The summed E-state index contributed by atoms with van der Waals surface area (Å²) in [6.07, 6.45) is 3.52. The van der Waals surface area contributed by atoms with Crippen molar-refractivity contribution in [1.82, 2.24) is 9.80 Å². The molecule has 0 unspecified atom stereocenters. The number of carbonyl (C=O) groups is 4. The van der Waals surface area contributed by atoms with Crippen molar-refractivity contribution in [2.24, 2.45) is 11.8 Å². The van der Waals surface area contributed by atoms with Crippen LogP contribution in [0.25, 0.3) is 10.8 Å². The summed E-state index contributed by atoms with van der Waals surface area (Å²) in [5.74, 6) is -3.45. The topological polar surface area (TPSA) is 117 Å². The second kappa shape index (κ2) is 14.6. The van der Waals surface area contributed by atoms with Gasteiger partial charge in [-0.25, -0.2) is 0 Å². The van der Waals surface area contributed by atoms with E-state index in [1.54, 1.807) is 29.0 Å². The Morgan fingerprint density at radius 2 is 1.78 bits per heavy atom. The van der Waals surface area contributed by atoms with Gasteiger partial charge in [-0.05, 0) is 54.7 Å². The molecule has 50 heavy (non-hydrogen) atoms. The summed E-state index contributed by atoms with van der Waals surface area (Å²) in [5, 5.41) is 12.1. The summed E-state index contributed by atoms with van der Waals surface area (Å²) in [6, 6.07) is 21.2. The summed E-state index contributed by atoms with van der Waals surface area (Å²) in [7, 11) is 1.68. The molecule has 7 atom stereocenters. The van der Waals surface area contributed by atoms with E-state index in [1.807, 2.05) is 79.7 Å². The van der Waals surface area contributed by atoms with Crippen LogP contribution in [0.3, 0.4) is 0 Å². The number of nitrogens with zero attached hydrogens (tertiary/aromatic N) is 3. The van der Waals surface area contributed by atoms with E-state index >= 15 is 0 Å². The molecular weight excluding hydrogens is 634 g/mol. The van der Waals surface area contributed by atoms with Crippen molar-refractivity contribution < 1.29 is 33.8 Å². The molecule has 3 amide bonds. The first-order chi connectivity index (χ1) is 24.2. The Labute approximate surface area is 292 Å². The van der Waals surface area contributed by atoms with Gasteiger partial charge in [-0.15, -0.1) is 13.2 Å². The zero-order valence-corrected chi connectivity index (χ0v) is 28.6. The molecule has 0 radical (unpaired) electrons. The highest BCUT2D eigenvalue weighted by Crippen LogP contribution is 2.59. The maximum atomic E-state index is 14.7. The molecule has 10 heteroatoms. The molecule has 3 aliphatic heterocycles. The van der Waals surface area contributed by atoms with Crippen molar-refractivity contribution >= 4 is 40.2 Å². The molecule has 0 aromatic heterocycles. The number of hydrogen-bond donors (Lipinski definition) is 1. The highest BCUT2D eigenvalue weighted by molar-refractivity contribution is 6.05. The standard InChI is InChI=1S/C40H45N3O7/c1-5-7-17-32(45)41(4)26(3)35(28-14-9-8-10-15-28)49-39(48)33-31-20-21-40(50-31)34(33)37(46)43(23-24-44)36(40)38(47)42(22-6-2)30-19-18-27-13-11-12-16-29(27)25-30/h5-6,8-16,18-19,25-26,31,33-36,44H,1-2,7,17,20-24H2,3-4H3/t26-,31-,33+,34+,35+,36-,40+/m1/s1. The predicted octanol–water partition coefficient (Wildman–Crippen LogP) is 4.82. The van der Waals surface area contributed by atoms with Gasteiger partial charge in [0.25, 0.3) is 5.91 Å². The highest BCUT2D eigenvalue weighted by atomic mass is 16.6. The fraction of sp³-hybridized carbons (Fsp3) is 0.400. The van der Waals surface area contributed by atoms with E-state index in [9.17, 15) is 24.3 Å². The van der Waals surface area contributed by atoms with E-state index < -0.39 is 53.6 Å². The number of β-amino-alcohol motifs (C(OH)–C–C–N with tert-alkyl or cyclic N) is 1. The quantitative estimate of drug-likeness (QED) is 0.192.